The first-order valence-corrected chi connectivity index (χ1v) is 7.13. The van der Waals surface area contributed by atoms with Crippen LogP contribution in [0.25, 0.3) is 0 Å². The molecule has 0 bridgehead atoms. The van der Waals surface area contributed by atoms with Crippen LogP contribution in [0.2, 0.25) is 0 Å². The molecule has 10 heavy (non-hydrogen) atoms. The fourth-order valence-corrected chi connectivity index (χ4v) is 4.31. The zero-order valence-electron chi connectivity index (χ0n) is 6.83. The molecule has 0 radical (unpaired) electrons. The summed E-state index contributed by atoms with van der Waals surface area (Å²) in [6, 6.07) is 0. The van der Waals surface area contributed by atoms with Crippen molar-refractivity contribution in [3.8, 4) is 0 Å². The van der Waals surface area contributed by atoms with Gasteiger partial charge in [0.15, 0.2) is 0 Å². The van der Waals surface area contributed by atoms with Crippen molar-refractivity contribution in [3.05, 3.63) is 0 Å². The van der Waals surface area contributed by atoms with E-state index in [-0.39, 0.29) is 8.81 Å². The molecule has 2 nitrogen and oxygen atoms in total. The molecule has 0 aliphatic heterocycles. The molecule has 0 fully saturated rings. The second kappa shape index (κ2) is 4.62. The highest BCUT2D eigenvalue weighted by molar-refractivity contribution is 7.76. The van der Waals surface area contributed by atoms with Crippen molar-refractivity contribution in [1.82, 2.24) is 0 Å². The Morgan fingerprint density at radius 3 is 2.30 bits per heavy atom. The summed E-state index contributed by atoms with van der Waals surface area (Å²) in [5.41, 5.74) is 0. The Hall–Kier alpha value is 0.780. The Labute approximate surface area is 65.3 Å². The lowest BCUT2D eigenvalue weighted by molar-refractivity contribution is 0.587. The van der Waals surface area contributed by atoms with Crippen molar-refractivity contribution in [2.75, 3.05) is 18.7 Å². The fraction of sp³-hybridized carbons (Fsp3) is 1.00. The van der Waals surface area contributed by atoms with Crippen LogP contribution in [0.1, 0.15) is 13.8 Å². The molecular formula is C6H17O2P2+. The van der Waals surface area contributed by atoms with Gasteiger partial charge in [0.2, 0.25) is 0 Å². The maximum absolute atomic E-state index is 9.64. The summed E-state index contributed by atoms with van der Waals surface area (Å²) in [5.74, 6) is 1.16. The maximum Gasteiger partial charge on any atom is 0.145 e. The van der Waals surface area contributed by atoms with Crippen LogP contribution in [0.4, 0.5) is 0 Å². The SMILES string of the molecule is CC(C)C[P+](C)(O)CPO. The lowest BCUT2D eigenvalue weighted by Crippen LogP contribution is -2.03. The molecule has 0 spiro atoms. The van der Waals surface area contributed by atoms with Crippen LogP contribution in [0.3, 0.4) is 0 Å². The minimum absolute atomic E-state index is 0.0919. The number of hydrogen-bond donors (Lipinski definition) is 2. The van der Waals surface area contributed by atoms with Crippen LogP contribution >= 0.6 is 16.3 Å². The molecule has 2 atom stereocenters. The molecule has 0 aromatic carbocycles. The van der Waals surface area contributed by atoms with Gasteiger partial charge in [-0.25, -0.2) is 0 Å². The highest BCUT2D eigenvalue weighted by Gasteiger charge is 2.29. The smallest absolute Gasteiger partial charge is 0.145 e. The molecule has 0 heterocycles. The van der Waals surface area contributed by atoms with E-state index in [0.29, 0.717) is 11.8 Å². The molecular weight excluding hydrogens is 166 g/mol. The van der Waals surface area contributed by atoms with Gasteiger partial charge in [-0.15, -0.1) is 0 Å². The second-order valence-corrected chi connectivity index (χ2v) is 7.86. The Morgan fingerprint density at radius 2 is 2.00 bits per heavy atom. The van der Waals surface area contributed by atoms with E-state index in [0.717, 1.165) is 6.16 Å². The Bertz CT molecular complexity index is 93.7. The van der Waals surface area contributed by atoms with Crippen LogP contribution in [0.15, 0.2) is 0 Å². The van der Waals surface area contributed by atoms with Crippen molar-refractivity contribution in [2.24, 2.45) is 5.92 Å². The van der Waals surface area contributed by atoms with Gasteiger partial charge in [-0.05, 0) is 5.92 Å². The highest BCUT2D eigenvalue weighted by Crippen LogP contribution is 2.55. The van der Waals surface area contributed by atoms with Crippen LogP contribution in [-0.4, -0.2) is 28.5 Å². The van der Waals surface area contributed by atoms with Gasteiger partial charge in [-0.3, -0.25) is 4.89 Å². The quantitative estimate of drug-likeness (QED) is 0.652. The molecule has 0 saturated heterocycles. The summed E-state index contributed by atoms with van der Waals surface area (Å²) in [4.78, 5) is 18.3. The summed E-state index contributed by atoms with van der Waals surface area (Å²) >= 11 is 0. The van der Waals surface area contributed by atoms with Crippen LogP contribution in [0.5, 0.6) is 0 Å². The molecule has 2 N–H and O–H groups in total. The van der Waals surface area contributed by atoms with E-state index in [2.05, 4.69) is 13.8 Å². The Balaban J connectivity index is 3.63. The summed E-state index contributed by atoms with van der Waals surface area (Å²) in [6.07, 6.45) is 0.876. The third kappa shape index (κ3) is 5.56. The largest absolute Gasteiger partial charge is 0.373 e. The van der Waals surface area contributed by atoms with E-state index in [1.165, 1.54) is 0 Å². The van der Waals surface area contributed by atoms with Crippen molar-refractivity contribution >= 4 is 16.3 Å². The highest BCUT2D eigenvalue weighted by atomic mass is 31.2. The summed E-state index contributed by atoms with van der Waals surface area (Å²) < 4.78 is 0. The van der Waals surface area contributed by atoms with Gasteiger partial charge in [0, 0.05) is 0 Å². The van der Waals surface area contributed by atoms with E-state index in [1.54, 1.807) is 0 Å². The third-order valence-corrected chi connectivity index (χ3v) is 5.98. The first-order chi connectivity index (χ1) is 4.48. The van der Waals surface area contributed by atoms with Crippen molar-refractivity contribution < 1.29 is 9.79 Å². The molecule has 0 aromatic rings. The first kappa shape index (κ1) is 10.8. The van der Waals surface area contributed by atoms with E-state index >= 15 is 0 Å². The van der Waals surface area contributed by atoms with Gasteiger partial charge in [0.25, 0.3) is 0 Å². The fourth-order valence-electron chi connectivity index (χ4n) is 1.00. The van der Waals surface area contributed by atoms with Crippen molar-refractivity contribution in [2.45, 2.75) is 13.8 Å². The van der Waals surface area contributed by atoms with Gasteiger partial charge < -0.3 is 4.89 Å². The van der Waals surface area contributed by atoms with E-state index in [9.17, 15) is 4.89 Å². The van der Waals surface area contributed by atoms with Crippen molar-refractivity contribution in [1.29, 1.82) is 0 Å². The van der Waals surface area contributed by atoms with Crippen LogP contribution < -0.4 is 0 Å². The van der Waals surface area contributed by atoms with Crippen molar-refractivity contribution in [3.63, 3.8) is 0 Å². The second-order valence-electron chi connectivity index (χ2n) is 3.23. The van der Waals surface area contributed by atoms with Gasteiger partial charge in [-0.2, -0.15) is 0 Å². The van der Waals surface area contributed by atoms with Gasteiger partial charge >= 0.3 is 0 Å². The molecule has 0 aliphatic rings. The molecule has 0 amide bonds. The molecule has 4 heteroatoms. The van der Waals surface area contributed by atoms with E-state index < -0.39 is 7.49 Å². The topological polar surface area (TPSA) is 40.5 Å². The third-order valence-electron chi connectivity index (χ3n) is 1.17. The summed E-state index contributed by atoms with van der Waals surface area (Å²) in [5, 5.41) is 0. The van der Waals surface area contributed by atoms with Gasteiger partial charge in [0.05, 0.1) is 21.6 Å². The lowest BCUT2D eigenvalue weighted by Gasteiger charge is -2.15. The Kier molecular flexibility index (Phi) is 4.98. The molecule has 0 saturated carbocycles. The van der Waals surface area contributed by atoms with Crippen LogP contribution in [0, 0.1) is 5.92 Å². The monoisotopic (exact) mass is 183 g/mol. The predicted octanol–water partition coefficient (Wildman–Crippen LogP) is 1.74. The molecule has 0 aromatic heterocycles. The predicted molar refractivity (Wildman–Crippen MR) is 50.2 cm³/mol. The van der Waals surface area contributed by atoms with Gasteiger partial charge in [0.1, 0.15) is 13.4 Å². The Morgan fingerprint density at radius 1 is 1.50 bits per heavy atom. The average Bonchev–Trinajstić information content (AvgIpc) is 1.59. The molecule has 2 unspecified atom stereocenters. The van der Waals surface area contributed by atoms with E-state index in [4.69, 9.17) is 4.89 Å². The van der Waals surface area contributed by atoms with Gasteiger partial charge in [-0.1, -0.05) is 13.8 Å². The van der Waals surface area contributed by atoms with Crippen LogP contribution in [-0.2, 0) is 0 Å². The number of hydrogen-bond acceptors (Lipinski definition) is 2. The minimum atomic E-state index is -1.74. The molecule has 0 rings (SSSR count). The average molecular weight is 183 g/mol. The molecule has 62 valence electrons. The lowest BCUT2D eigenvalue weighted by atomic mass is 10.3. The minimum Gasteiger partial charge on any atom is -0.373 e. The summed E-state index contributed by atoms with van der Waals surface area (Å²) in [7, 11) is -1.83. The number of rotatable bonds is 4. The summed E-state index contributed by atoms with van der Waals surface area (Å²) in [6.45, 7) is 6.07. The first-order valence-electron chi connectivity index (χ1n) is 3.42. The van der Waals surface area contributed by atoms with E-state index in [1.807, 2.05) is 6.66 Å². The molecule has 0 aliphatic carbocycles. The maximum atomic E-state index is 9.64. The zero-order valence-corrected chi connectivity index (χ0v) is 8.73. The standard InChI is InChI=1S/C6H17O2P2/c1-6(2)4-10(3,8)5-9-7/h6-9H,4-5H2,1-3H3/q+1. The normalized spacial score (nSPS) is 18.6. The zero-order chi connectivity index (χ0) is 8.20.